The van der Waals surface area contributed by atoms with E-state index in [4.69, 9.17) is 18.3 Å². The summed E-state index contributed by atoms with van der Waals surface area (Å²) in [5.41, 5.74) is -3.67. The lowest BCUT2D eigenvalue weighted by Gasteiger charge is -2.22. The number of fused-ring (bicyclic) bond motifs is 2. The molecule has 10 nitrogen and oxygen atoms in total. The minimum atomic E-state index is -1.36. The molecule has 10 heteroatoms. The number of hydrogen-bond acceptors (Lipinski definition) is 10. The van der Waals surface area contributed by atoms with Crippen LogP contribution in [0.3, 0.4) is 0 Å². The second-order valence-electron chi connectivity index (χ2n) is 9.86. The average Bonchev–Trinajstić information content (AvgIpc) is 2.87. The first kappa shape index (κ1) is 26.5. The van der Waals surface area contributed by atoms with Gasteiger partial charge in [-0.3, -0.25) is 19.2 Å². The van der Waals surface area contributed by atoms with Gasteiger partial charge in [0.05, 0.1) is 14.2 Å². The van der Waals surface area contributed by atoms with Gasteiger partial charge in [0.2, 0.25) is 0 Å². The fourth-order valence-corrected chi connectivity index (χ4v) is 4.25. The quantitative estimate of drug-likeness (QED) is 0.369. The second-order valence-corrected chi connectivity index (χ2v) is 9.86. The summed E-state index contributed by atoms with van der Waals surface area (Å²) >= 11 is 0. The van der Waals surface area contributed by atoms with Crippen LogP contribution in [-0.4, -0.2) is 36.4 Å². The van der Waals surface area contributed by atoms with Gasteiger partial charge >= 0.3 is 11.9 Å². The van der Waals surface area contributed by atoms with E-state index in [1.165, 1.54) is 66.2 Å². The Morgan fingerprint density at radius 2 is 1.03 bits per heavy atom. The number of aromatic hydroxyl groups is 2. The summed E-state index contributed by atoms with van der Waals surface area (Å²) in [4.78, 5) is 51.0. The Kier molecular flexibility index (Phi) is 6.30. The van der Waals surface area contributed by atoms with Gasteiger partial charge in [0.15, 0.2) is 10.9 Å². The Hall–Kier alpha value is -4.60. The van der Waals surface area contributed by atoms with Crippen LogP contribution < -0.4 is 10.9 Å². The van der Waals surface area contributed by atoms with Gasteiger partial charge in [0.1, 0.15) is 55.8 Å². The first-order valence-corrected chi connectivity index (χ1v) is 11.5. The Labute approximate surface area is 216 Å². The Morgan fingerprint density at radius 1 is 0.684 bits per heavy atom. The molecule has 0 amide bonds. The number of phenolic OH excluding ortho intramolecular Hbond substituents is 2. The van der Waals surface area contributed by atoms with Crippen molar-refractivity contribution < 1.29 is 38.1 Å². The van der Waals surface area contributed by atoms with Gasteiger partial charge < -0.3 is 28.5 Å². The molecule has 0 atom stereocenters. The number of esters is 2. The highest BCUT2D eigenvalue weighted by Crippen LogP contribution is 2.40. The zero-order valence-electron chi connectivity index (χ0n) is 21.6. The molecule has 0 unspecified atom stereocenters. The van der Waals surface area contributed by atoms with E-state index >= 15 is 0 Å². The van der Waals surface area contributed by atoms with Gasteiger partial charge in [-0.05, 0) is 52.0 Å². The third kappa shape index (κ3) is 3.98. The Morgan fingerprint density at radius 3 is 1.34 bits per heavy atom. The minimum Gasteiger partial charge on any atom is -0.507 e. The lowest BCUT2D eigenvalue weighted by molar-refractivity contribution is -0.147. The molecule has 0 aliphatic rings. The zero-order chi connectivity index (χ0) is 28.2. The molecule has 0 spiro atoms. The number of rotatable bonds is 5. The van der Waals surface area contributed by atoms with E-state index < -0.39 is 33.6 Å². The molecular formula is C28H26O10. The largest absolute Gasteiger partial charge is 0.507 e. The molecule has 2 aromatic carbocycles. The van der Waals surface area contributed by atoms with Gasteiger partial charge in [0.25, 0.3) is 0 Å². The van der Waals surface area contributed by atoms with Crippen molar-refractivity contribution in [3.63, 3.8) is 0 Å². The minimum absolute atomic E-state index is 0.0225. The molecule has 0 bridgehead atoms. The molecule has 0 aliphatic heterocycles. The van der Waals surface area contributed by atoms with Crippen molar-refractivity contribution in [2.24, 2.45) is 0 Å². The van der Waals surface area contributed by atoms with E-state index in [0.29, 0.717) is 0 Å². The van der Waals surface area contributed by atoms with Crippen molar-refractivity contribution in [3.05, 3.63) is 68.4 Å². The number of ether oxygens (including phenoxy) is 2. The number of benzene rings is 2. The Bertz CT molecular complexity index is 1610. The molecule has 0 aliphatic carbocycles. The highest BCUT2D eigenvalue weighted by atomic mass is 16.5. The van der Waals surface area contributed by atoms with Crippen molar-refractivity contribution in [2.75, 3.05) is 14.2 Å². The van der Waals surface area contributed by atoms with E-state index in [0.717, 1.165) is 12.1 Å². The lowest BCUT2D eigenvalue weighted by Crippen LogP contribution is -2.31. The molecule has 2 aromatic heterocycles. The van der Waals surface area contributed by atoms with Crippen molar-refractivity contribution in [1.29, 1.82) is 0 Å². The summed E-state index contributed by atoms with van der Waals surface area (Å²) in [6.07, 6.45) is 0. The number of hydrogen-bond donors (Lipinski definition) is 2. The molecule has 2 N–H and O–H groups in total. The monoisotopic (exact) mass is 522 g/mol. The number of phenols is 2. The molecule has 0 saturated carbocycles. The summed E-state index contributed by atoms with van der Waals surface area (Å²) in [5.74, 6) is -2.08. The topological polar surface area (TPSA) is 153 Å². The van der Waals surface area contributed by atoms with Crippen molar-refractivity contribution in [3.8, 4) is 22.6 Å². The molecule has 4 aromatic rings. The highest BCUT2D eigenvalue weighted by Gasteiger charge is 2.36. The highest BCUT2D eigenvalue weighted by molar-refractivity contribution is 6.04. The smallest absolute Gasteiger partial charge is 0.318 e. The molecule has 0 fully saturated rings. The second kappa shape index (κ2) is 9.05. The van der Waals surface area contributed by atoms with Crippen molar-refractivity contribution in [2.45, 2.75) is 38.5 Å². The van der Waals surface area contributed by atoms with Gasteiger partial charge in [-0.15, -0.1) is 0 Å². The zero-order valence-corrected chi connectivity index (χ0v) is 21.6. The van der Waals surface area contributed by atoms with Crippen LogP contribution in [0.4, 0.5) is 0 Å². The predicted octanol–water partition coefficient (Wildman–Crippen LogP) is 3.88. The fraction of sp³-hybridized carbons (Fsp3) is 0.286. The fourth-order valence-electron chi connectivity index (χ4n) is 4.25. The first-order chi connectivity index (χ1) is 17.7. The number of carbonyl (C=O) groups is 2. The molecule has 0 radical (unpaired) electrons. The van der Waals surface area contributed by atoms with Crippen LogP contribution in [0.2, 0.25) is 0 Å². The molecule has 0 saturated heterocycles. The van der Waals surface area contributed by atoms with Crippen LogP contribution in [0.15, 0.2) is 54.8 Å². The maximum Gasteiger partial charge on any atom is 0.318 e. The molecule has 2 heterocycles. The summed E-state index contributed by atoms with van der Waals surface area (Å²) < 4.78 is 21.8. The summed E-state index contributed by atoms with van der Waals surface area (Å²) in [6, 6.07) is 7.65. The Balaban J connectivity index is 2.14. The van der Waals surface area contributed by atoms with Gasteiger partial charge in [-0.2, -0.15) is 0 Å². The van der Waals surface area contributed by atoms with E-state index in [1.54, 1.807) is 0 Å². The van der Waals surface area contributed by atoms with Crippen LogP contribution >= 0.6 is 0 Å². The van der Waals surface area contributed by atoms with Gasteiger partial charge in [0, 0.05) is 23.3 Å². The van der Waals surface area contributed by atoms with Crippen LogP contribution in [0.25, 0.3) is 33.1 Å². The SMILES string of the molecule is COC(=O)C(C)(C)c1cc(=O)c2c(O)ccc(-c3ccc(O)c4c(=O)cc(C(C)(C)C(=O)OC)oc34)c2o1. The van der Waals surface area contributed by atoms with Crippen molar-refractivity contribution >= 4 is 33.9 Å². The third-order valence-electron chi connectivity index (χ3n) is 6.63. The third-order valence-corrected chi connectivity index (χ3v) is 6.63. The lowest BCUT2D eigenvalue weighted by atomic mass is 9.89. The molecular weight excluding hydrogens is 496 g/mol. The normalized spacial score (nSPS) is 12.1. The maximum absolute atomic E-state index is 13.1. The van der Waals surface area contributed by atoms with Crippen LogP contribution in [0.1, 0.15) is 39.2 Å². The standard InChI is InChI=1S/C28H26O10/c1-27(2,25(33)35-5)19-11-17(31)21-15(29)9-7-13(23(21)37-19)14-8-10-16(30)22-18(32)12-20(38-24(14)22)28(3,4)26(34)36-6/h7-12,29-30H,1-6H3. The van der Waals surface area contributed by atoms with E-state index in [9.17, 15) is 29.4 Å². The number of carbonyl (C=O) groups excluding carboxylic acids is 2. The van der Waals surface area contributed by atoms with Gasteiger partial charge in [-0.25, -0.2) is 0 Å². The molecule has 198 valence electrons. The van der Waals surface area contributed by atoms with Crippen LogP contribution in [0, 0.1) is 0 Å². The van der Waals surface area contributed by atoms with Crippen molar-refractivity contribution in [1.82, 2.24) is 0 Å². The summed E-state index contributed by atoms with van der Waals surface area (Å²) in [5, 5.41) is 20.7. The molecule has 4 rings (SSSR count). The maximum atomic E-state index is 13.1. The van der Waals surface area contributed by atoms with E-state index in [2.05, 4.69) is 0 Å². The summed E-state index contributed by atoms with van der Waals surface area (Å²) in [7, 11) is 2.41. The average molecular weight is 523 g/mol. The number of methoxy groups -OCH3 is 2. The summed E-state index contributed by atoms with van der Waals surface area (Å²) in [6.45, 7) is 6.06. The van der Waals surface area contributed by atoms with Crippen LogP contribution in [-0.2, 0) is 29.9 Å². The predicted molar refractivity (Wildman–Crippen MR) is 137 cm³/mol. The first-order valence-electron chi connectivity index (χ1n) is 11.5. The van der Waals surface area contributed by atoms with Crippen LogP contribution in [0.5, 0.6) is 11.5 Å². The van der Waals surface area contributed by atoms with E-state index in [1.807, 2.05) is 0 Å². The van der Waals surface area contributed by atoms with E-state index in [-0.39, 0.29) is 56.1 Å². The molecule has 38 heavy (non-hydrogen) atoms. The van der Waals surface area contributed by atoms with Gasteiger partial charge in [-0.1, -0.05) is 0 Å².